The van der Waals surface area contributed by atoms with Crippen molar-refractivity contribution in [1.29, 1.82) is 0 Å². The number of likely N-dealkylation sites (tertiary alicyclic amines) is 1. The normalized spacial score (nSPS) is 19.9. The molecule has 0 aromatic carbocycles. The molecule has 0 spiro atoms. The summed E-state index contributed by atoms with van der Waals surface area (Å²) in [4.78, 5) is 23.1. The Morgan fingerprint density at radius 3 is 2.39 bits per heavy atom. The van der Waals surface area contributed by atoms with Gasteiger partial charge in [0, 0.05) is 73.4 Å². The van der Waals surface area contributed by atoms with Crippen molar-refractivity contribution in [3.63, 3.8) is 0 Å². The van der Waals surface area contributed by atoms with Crippen LogP contribution in [0.5, 0.6) is 0 Å². The molecule has 2 bridgehead atoms. The molecule has 2 aliphatic rings. The Bertz CT molecular complexity index is 1410. The van der Waals surface area contributed by atoms with Crippen molar-refractivity contribution in [2.24, 2.45) is 0 Å². The Labute approximate surface area is 242 Å². The number of hydrogen-bond acceptors (Lipinski definition) is 6. The molecule has 5 rings (SSSR count). The Morgan fingerprint density at radius 1 is 1.10 bits per heavy atom. The number of nitrogens with zero attached hydrogens (tertiary/aromatic N) is 7. The van der Waals surface area contributed by atoms with Gasteiger partial charge in [-0.15, -0.1) is 0 Å². The number of hydrogen-bond donors (Lipinski definition) is 0. The lowest BCUT2D eigenvalue weighted by Gasteiger charge is -2.40. The molecule has 0 saturated carbocycles. The smallest absolute Gasteiger partial charge is 0.148 e. The number of pyridine rings is 1. The minimum absolute atomic E-state index is 0.0558. The van der Waals surface area contributed by atoms with Gasteiger partial charge in [0.05, 0.1) is 11.9 Å². The Morgan fingerprint density at radius 2 is 1.78 bits per heavy atom. The first kappa shape index (κ1) is 29.2. The van der Waals surface area contributed by atoms with Crippen molar-refractivity contribution >= 4 is 17.5 Å². The summed E-state index contributed by atoms with van der Waals surface area (Å²) in [5.41, 5.74) is 3.72. The molecule has 7 nitrogen and oxygen atoms in total. The second-order valence-electron chi connectivity index (χ2n) is 11.7. The summed E-state index contributed by atoms with van der Waals surface area (Å²) < 4.78 is 31.0. The number of aryl methyl sites for hydroxylation is 3. The number of piperazine rings is 1. The lowest BCUT2D eigenvalue weighted by molar-refractivity contribution is 0.0669. The fourth-order valence-electron chi connectivity index (χ4n) is 6.57. The molecule has 2 saturated heterocycles. The number of halogens is 2. The van der Waals surface area contributed by atoms with Crippen LogP contribution < -0.4 is 0 Å². The van der Waals surface area contributed by atoms with Crippen molar-refractivity contribution in [3.8, 4) is 0 Å². The maximum atomic E-state index is 14.9. The third-order valence-electron chi connectivity index (χ3n) is 8.43. The minimum Gasteiger partial charge on any atom is -0.326 e. The quantitative estimate of drug-likeness (QED) is 0.300. The van der Waals surface area contributed by atoms with Gasteiger partial charge in [-0.3, -0.25) is 14.8 Å². The molecule has 0 aliphatic carbocycles. The number of allylic oxidation sites excluding steroid dienone is 1. The van der Waals surface area contributed by atoms with Gasteiger partial charge in [-0.1, -0.05) is 13.5 Å². The highest BCUT2D eigenvalue weighted by Gasteiger charge is 2.38. The molecule has 0 radical (unpaired) electrons. The number of imidazole rings is 1. The van der Waals surface area contributed by atoms with Crippen molar-refractivity contribution in [2.75, 3.05) is 19.6 Å². The molecule has 3 aromatic heterocycles. The van der Waals surface area contributed by atoms with E-state index in [0.717, 1.165) is 43.3 Å². The van der Waals surface area contributed by atoms with E-state index in [0.29, 0.717) is 47.6 Å². The molecule has 218 valence electrons. The third-order valence-corrected chi connectivity index (χ3v) is 8.43. The first-order valence-corrected chi connectivity index (χ1v) is 14.7. The van der Waals surface area contributed by atoms with Crippen LogP contribution in [0.15, 0.2) is 31.2 Å². The predicted molar refractivity (Wildman–Crippen MR) is 159 cm³/mol. The lowest BCUT2D eigenvalue weighted by Crippen LogP contribution is -2.53. The summed E-state index contributed by atoms with van der Waals surface area (Å²) in [5, 5.41) is 0. The summed E-state index contributed by atoms with van der Waals surface area (Å²) in [6, 6.07) is 3.17. The first-order chi connectivity index (χ1) is 19.6. The predicted octanol–water partition coefficient (Wildman–Crippen LogP) is 6.05. The fourth-order valence-corrected chi connectivity index (χ4v) is 6.57. The maximum absolute atomic E-state index is 14.9. The molecule has 2 aliphatic heterocycles. The van der Waals surface area contributed by atoms with Crippen LogP contribution in [-0.4, -0.2) is 66.0 Å². The van der Waals surface area contributed by atoms with Gasteiger partial charge in [0.15, 0.2) is 0 Å². The van der Waals surface area contributed by atoms with Gasteiger partial charge in [0.2, 0.25) is 0 Å². The summed E-state index contributed by atoms with van der Waals surface area (Å²) >= 11 is 0. The number of fused-ring (bicyclic) bond motifs is 2. The lowest BCUT2D eigenvalue weighted by atomic mass is 10.0. The van der Waals surface area contributed by atoms with E-state index in [-0.39, 0.29) is 11.7 Å². The molecule has 9 heteroatoms. The van der Waals surface area contributed by atoms with E-state index in [4.69, 9.17) is 0 Å². The number of likely N-dealkylation sites (N-methyl/N-ethyl adjacent to an activating group) is 1. The van der Waals surface area contributed by atoms with E-state index in [1.807, 2.05) is 44.7 Å². The Hall–Kier alpha value is -3.30. The summed E-state index contributed by atoms with van der Waals surface area (Å²) in [6.45, 7) is 17.6. The second kappa shape index (κ2) is 12.3. The molecule has 5 heterocycles. The SMILES string of the molecule is C=C(F)c1nc(C)n(C(C)C)c1/C=C(\C)c1cc(CCc2ncc(CN3CC4CCC(C3)N4CC)cn2)ncc1F. The average Bonchev–Trinajstić information content (AvgIpc) is 3.40. The van der Waals surface area contributed by atoms with Gasteiger partial charge < -0.3 is 4.57 Å². The maximum Gasteiger partial charge on any atom is 0.148 e. The highest BCUT2D eigenvalue weighted by Crippen LogP contribution is 2.31. The second-order valence-corrected chi connectivity index (χ2v) is 11.7. The first-order valence-electron chi connectivity index (χ1n) is 14.7. The monoisotopic (exact) mass is 561 g/mol. The van der Waals surface area contributed by atoms with E-state index in [1.165, 1.54) is 19.0 Å². The molecule has 2 atom stereocenters. The van der Waals surface area contributed by atoms with Crippen molar-refractivity contribution in [2.45, 2.75) is 85.0 Å². The fraction of sp³-hybridized carbons (Fsp3) is 0.500. The molecular weight excluding hydrogens is 520 g/mol. The van der Waals surface area contributed by atoms with Gasteiger partial charge in [-0.05, 0) is 71.2 Å². The molecule has 2 unspecified atom stereocenters. The zero-order valence-electron chi connectivity index (χ0n) is 24.9. The molecule has 0 N–H and O–H groups in total. The van der Waals surface area contributed by atoms with Crippen LogP contribution in [0.25, 0.3) is 17.5 Å². The zero-order valence-corrected chi connectivity index (χ0v) is 24.9. The molecule has 2 fully saturated rings. The number of rotatable bonds is 10. The van der Waals surface area contributed by atoms with Gasteiger partial charge in [-0.2, -0.15) is 0 Å². The van der Waals surface area contributed by atoms with E-state index < -0.39 is 11.6 Å². The highest BCUT2D eigenvalue weighted by molar-refractivity contribution is 5.82. The van der Waals surface area contributed by atoms with Crippen LogP contribution in [0.1, 0.15) is 86.4 Å². The number of aromatic nitrogens is 5. The topological polar surface area (TPSA) is 63.0 Å². The Kier molecular flexibility index (Phi) is 8.75. The largest absolute Gasteiger partial charge is 0.326 e. The van der Waals surface area contributed by atoms with Gasteiger partial charge in [-0.25, -0.2) is 23.7 Å². The van der Waals surface area contributed by atoms with E-state index in [1.54, 1.807) is 12.1 Å². The standard InChI is InChI=1S/C32H41F2N7/c1-7-40-26-9-10-27(40)19-39(18-26)17-24-14-36-31(37-15-24)11-8-25-13-28(29(34)16-35-25)21(4)12-30-32(22(5)33)38-23(6)41(30)20(2)3/h12-16,20,26-27H,5,7-11,17-19H2,1-4,6H3/b21-12+. The molecular formula is C32H41F2N7. The molecule has 3 aromatic rings. The minimum atomic E-state index is -0.611. The zero-order chi connectivity index (χ0) is 29.3. The van der Waals surface area contributed by atoms with Crippen molar-refractivity contribution < 1.29 is 8.78 Å². The van der Waals surface area contributed by atoms with Crippen LogP contribution in [0.3, 0.4) is 0 Å². The van der Waals surface area contributed by atoms with Gasteiger partial charge in [0.25, 0.3) is 0 Å². The van der Waals surface area contributed by atoms with E-state index >= 15 is 0 Å². The molecule has 0 amide bonds. The summed E-state index contributed by atoms with van der Waals surface area (Å²) in [5.74, 6) is 0.386. The van der Waals surface area contributed by atoms with Gasteiger partial charge >= 0.3 is 0 Å². The van der Waals surface area contributed by atoms with E-state index in [2.05, 4.69) is 43.2 Å². The summed E-state index contributed by atoms with van der Waals surface area (Å²) in [6.07, 6.45) is 10.7. The third kappa shape index (κ3) is 6.31. The molecule has 41 heavy (non-hydrogen) atoms. The van der Waals surface area contributed by atoms with Crippen molar-refractivity contribution in [3.05, 3.63) is 76.9 Å². The van der Waals surface area contributed by atoms with Crippen LogP contribution in [0.4, 0.5) is 8.78 Å². The van der Waals surface area contributed by atoms with Gasteiger partial charge in [0.1, 0.15) is 29.0 Å². The highest BCUT2D eigenvalue weighted by atomic mass is 19.1. The van der Waals surface area contributed by atoms with Crippen LogP contribution in [0.2, 0.25) is 0 Å². The Balaban J connectivity index is 1.25. The van der Waals surface area contributed by atoms with Crippen LogP contribution in [0, 0.1) is 12.7 Å². The van der Waals surface area contributed by atoms with Crippen LogP contribution in [-0.2, 0) is 19.4 Å². The van der Waals surface area contributed by atoms with Crippen molar-refractivity contribution in [1.82, 2.24) is 34.3 Å². The average molecular weight is 562 g/mol. The van der Waals surface area contributed by atoms with Crippen LogP contribution >= 0.6 is 0 Å². The summed E-state index contributed by atoms with van der Waals surface area (Å²) in [7, 11) is 0. The van der Waals surface area contributed by atoms with E-state index in [9.17, 15) is 8.78 Å².